The second kappa shape index (κ2) is 11.0. The molecule has 9 nitrogen and oxygen atoms in total. The zero-order chi connectivity index (χ0) is 26.1. The van der Waals surface area contributed by atoms with E-state index in [2.05, 4.69) is 9.88 Å². The van der Waals surface area contributed by atoms with Gasteiger partial charge in [-0.15, -0.1) is 11.3 Å². The van der Waals surface area contributed by atoms with E-state index in [0.717, 1.165) is 61.2 Å². The van der Waals surface area contributed by atoms with Crippen molar-refractivity contribution in [1.82, 2.24) is 24.4 Å². The summed E-state index contributed by atoms with van der Waals surface area (Å²) >= 11 is 7.63. The molecule has 0 aliphatic carbocycles. The first kappa shape index (κ1) is 25.2. The van der Waals surface area contributed by atoms with Crippen molar-refractivity contribution in [3.05, 3.63) is 68.9 Å². The minimum Gasteiger partial charge on any atom is -0.477 e. The Morgan fingerprint density at radius 1 is 1.11 bits per heavy atom. The fourth-order valence-corrected chi connectivity index (χ4v) is 6.02. The van der Waals surface area contributed by atoms with Crippen molar-refractivity contribution in [3.8, 4) is 5.88 Å². The highest BCUT2D eigenvalue weighted by molar-refractivity contribution is 7.16. The van der Waals surface area contributed by atoms with Gasteiger partial charge in [0.25, 0.3) is 0 Å². The standard InChI is InChI=1S/C27H28ClN5O4S/c28-23-7-4-20(38-23)14-17-2-1-3-25(29-17)37-18-8-11-32(12-9-18)16-24-30-21-5-6-22(27(34)35)31-26(21)33(24)15-19-10-13-36-19/h1-7,18-19H,8-16H2,(H,34,35)/t19-/m0/s1. The molecule has 2 aliphatic rings. The first-order valence-corrected chi connectivity index (χ1v) is 14.0. The van der Waals surface area contributed by atoms with Gasteiger partial charge in [-0.25, -0.2) is 19.7 Å². The topological polar surface area (TPSA) is 103 Å². The second-order valence-electron chi connectivity index (χ2n) is 9.71. The summed E-state index contributed by atoms with van der Waals surface area (Å²) in [6.45, 7) is 3.79. The van der Waals surface area contributed by atoms with Crippen LogP contribution in [-0.2, 0) is 24.2 Å². The highest BCUT2D eigenvalue weighted by Crippen LogP contribution is 2.26. The number of thiophene rings is 1. The number of likely N-dealkylation sites (tertiary alicyclic amines) is 1. The number of carboxylic acids is 1. The quantitative estimate of drug-likeness (QED) is 0.319. The summed E-state index contributed by atoms with van der Waals surface area (Å²) in [6.07, 6.45) is 3.71. The molecule has 0 bridgehead atoms. The van der Waals surface area contributed by atoms with Crippen LogP contribution in [0.5, 0.6) is 5.88 Å². The van der Waals surface area contributed by atoms with Crippen LogP contribution in [0.4, 0.5) is 0 Å². The SMILES string of the molecule is O=C(O)c1ccc2nc(CN3CCC(Oc4cccc(Cc5ccc(Cl)s5)n4)CC3)n(C[C@@H]3CCO3)c2n1. The molecule has 2 aliphatic heterocycles. The van der Waals surface area contributed by atoms with Gasteiger partial charge in [0.2, 0.25) is 5.88 Å². The molecule has 1 N–H and O–H groups in total. The maximum absolute atomic E-state index is 11.5. The number of hydrogen-bond acceptors (Lipinski definition) is 8. The largest absolute Gasteiger partial charge is 0.477 e. The van der Waals surface area contributed by atoms with Crippen LogP contribution in [0.15, 0.2) is 42.5 Å². The summed E-state index contributed by atoms with van der Waals surface area (Å²) in [5, 5.41) is 9.41. The van der Waals surface area contributed by atoms with Gasteiger partial charge in [-0.3, -0.25) is 4.90 Å². The number of pyridine rings is 2. The normalized spacial score (nSPS) is 18.5. The Morgan fingerprint density at radius 2 is 1.95 bits per heavy atom. The molecule has 2 saturated heterocycles. The number of aromatic carboxylic acids is 1. The lowest BCUT2D eigenvalue weighted by Crippen LogP contribution is -2.39. The maximum Gasteiger partial charge on any atom is 0.354 e. The molecule has 11 heteroatoms. The van der Waals surface area contributed by atoms with Crippen molar-refractivity contribution in [3.63, 3.8) is 0 Å². The number of halogens is 1. The number of aromatic nitrogens is 4. The molecular formula is C27H28ClN5O4S. The molecule has 0 spiro atoms. The number of piperidine rings is 1. The summed E-state index contributed by atoms with van der Waals surface area (Å²) in [5.41, 5.74) is 2.30. The van der Waals surface area contributed by atoms with Gasteiger partial charge in [0, 0.05) is 42.8 Å². The highest BCUT2D eigenvalue weighted by atomic mass is 35.5. The van der Waals surface area contributed by atoms with Crippen molar-refractivity contribution in [1.29, 1.82) is 0 Å². The van der Waals surface area contributed by atoms with E-state index in [1.165, 1.54) is 10.9 Å². The third-order valence-electron chi connectivity index (χ3n) is 7.02. The van der Waals surface area contributed by atoms with Crippen molar-refractivity contribution < 1.29 is 19.4 Å². The summed E-state index contributed by atoms with van der Waals surface area (Å²) in [4.78, 5) is 28.9. The Kier molecular flexibility index (Phi) is 7.29. The smallest absolute Gasteiger partial charge is 0.354 e. The lowest BCUT2D eigenvalue weighted by molar-refractivity contribution is -0.0593. The van der Waals surface area contributed by atoms with E-state index < -0.39 is 5.97 Å². The molecule has 6 heterocycles. The predicted octanol–water partition coefficient (Wildman–Crippen LogP) is 4.66. The number of carboxylic acid groups (broad SMARTS) is 1. The first-order valence-electron chi connectivity index (χ1n) is 12.8. The molecular weight excluding hydrogens is 526 g/mol. The summed E-state index contributed by atoms with van der Waals surface area (Å²) in [5.74, 6) is 0.498. The van der Waals surface area contributed by atoms with Crippen molar-refractivity contribution in [2.75, 3.05) is 19.7 Å². The fourth-order valence-electron chi connectivity index (χ4n) is 4.92. The van der Waals surface area contributed by atoms with Gasteiger partial charge < -0.3 is 19.1 Å². The van der Waals surface area contributed by atoms with Crippen molar-refractivity contribution in [2.45, 2.75) is 51.0 Å². The van der Waals surface area contributed by atoms with Crippen LogP contribution in [-0.4, -0.2) is 67.4 Å². The molecule has 4 aromatic heterocycles. The van der Waals surface area contributed by atoms with Gasteiger partial charge in [-0.1, -0.05) is 17.7 Å². The Bertz CT molecular complexity index is 1440. The van der Waals surface area contributed by atoms with Gasteiger partial charge in [0.1, 0.15) is 17.4 Å². The van der Waals surface area contributed by atoms with E-state index in [-0.39, 0.29) is 17.9 Å². The van der Waals surface area contributed by atoms with Crippen LogP contribution < -0.4 is 4.74 Å². The number of ether oxygens (including phenoxy) is 2. The molecule has 4 aromatic rings. The average Bonchev–Trinajstić information content (AvgIpc) is 3.44. The highest BCUT2D eigenvalue weighted by Gasteiger charge is 2.26. The summed E-state index contributed by atoms with van der Waals surface area (Å²) in [7, 11) is 0. The van der Waals surface area contributed by atoms with E-state index in [4.69, 9.17) is 31.0 Å². The number of nitrogens with zero attached hydrogens (tertiary/aromatic N) is 5. The van der Waals surface area contributed by atoms with E-state index in [9.17, 15) is 9.90 Å². The van der Waals surface area contributed by atoms with Crippen LogP contribution in [0.2, 0.25) is 4.34 Å². The Morgan fingerprint density at radius 3 is 2.66 bits per heavy atom. The lowest BCUT2D eigenvalue weighted by Gasteiger charge is -2.32. The van der Waals surface area contributed by atoms with E-state index in [1.54, 1.807) is 17.4 Å². The molecule has 0 saturated carbocycles. The van der Waals surface area contributed by atoms with Crippen molar-refractivity contribution in [2.24, 2.45) is 0 Å². The van der Waals surface area contributed by atoms with Crippen LogP contribution in [0.25, 0.3) is 11.2 Å². The Hall–Kier alpha value is -3.05. The van der Waals surface area contributed by atoms with Crippen LogP contribution in [0.3, 0.4) is 0 Å². The monoisotopic (exact) mass is 553 g/mol. The van der Waals surface area contributed by atoms with Gasteiger partial charge in [-0.2, -0.15) is 0 Å². The average molecular weight is 554 g/mol. The number of imidazole rings is 1. The second-order valence-corrected chi connectivity index (χ2v) is 11.5. The molecule has 38 heavy (non-hydrogen) atoms. The molecule has 2 fully saturated rings. The maximum atomic E-state index is 11.5. The summed E-state index contributed by atoms with van der Waals surface area (Å²) in [6, 6.07) is 13.1. The Labute approximate surface area is 229 Å². The third kappa shape index (κ3) is 5.68. The van der Waals surface area contributed by atoms with Crippen LogP contribution >= 0.6 is 22.9 Å². The Balaban J connectivity index is 1.09. The zero-order valence-electron chi connectivity index (χ0n) is 20.8. The number of rotatable bonds is 9. The minimum absolute atomic E-state index is 0.0227. The molecule has 0 unspecified atom stereocenters. The first-order chi connectivity index (χ1) is 18.5. The van der Waals surface area contributed by atoms with Crippen molar-refractivity contribution >= 4 is 40.1 Å². The molecule has 1 atom stereocenters. The molecule has 0 aromatic carbocycles. The van der Waals surface area contributed by atoms with Gasteiger partial charge in [0.15, 0.2) is 11.3 Å². The lowest BCUT2D eigenvalue weighted by atomic mass is 10.1. The molecule has 6 rings (SSSR count). The number of hydrogen-bond donors (Lipinski definition) is 1. The number of fused-ring (bicyclic) bond motifs is 1. The van der Waals surface area contributed by atoms with Crippen LogP contribution in [0.1, 0.15) is 46.1 Å². The zero-order valence-corrected chi connectivity index (χ0v) is 22.3. The fraction of sp³-hybridized carbons (Fsp3) is 0.407. The van der Waals surface area contributed by atoms with E-state index >= 15 is 0 Å². The van der Waals surface area contributed by atoms with Gasteiger partial charge in [0.05, 0.1) is 23.5 Å². The number of carbonyl (C=O) groups is 1. The van der Waals surface area contributed by atoms with E-state index in [1.807, 2.05) is 34.9 Å². The molecule has 0 amide bonds. The van der Waals surface area contributed by atoms with Crippen LogP contribution in [0, 0.1) is 0 Å². The van der Waals surface area contributed by atoms with E-state index in [0.29, 0.717) is 30.1 Å². The molecule has 198 valence electrons. The minimum atomic E-state index is -1.04. The van der Waals surface area contributed by atoms with Gasteiger partial charge in [-0.05, 0) is 49.6 Å². The molecule has 0 radical (unpaired) electrons. The third-order valence-corrected chi connectivity index (χ3v) is 8.25. The van der Waals surface area contributed by atoms with Gasteiger partial charge >= 0.3 is 5.97 Å². The summed E-state index contributed by atoms with van der Waals surface area (Å²) < 4.78 is 14.7. The predicted molar refractivity (Wildman–Crippen MR) is 144 cm³/mol.